The molecule has 11 heteroatoms. The molecule has 2 N–H and O–H groups in total. The van der Waals surface area contributed by atoms with Crippen molar-refractivity contribution < 1.29 is 28.6 Å². The van der Waals surface area contributed by atoms with Crippen molar-refractivity contribution in [1.29, 1.82) is 0 Å². The highest BCUT2D eigenvalue weighted by Crippen LogP contribution is 2.24. The first-order valence-corrected chi connectivity index (χ1v) is 13.3. The minimum atomic E-state index is -1.07. The van der Waals surface area contributed by atoms with E-state index in [1.54, 1.807) is 4.90 Å². The summed E-state index contributed by atoms with van der Waals surface area (Å²) >= 11 is 1.18. The van der Waals surface area contributed by atoms with Gasteiger partial charge in [0.15, 0.2) is 6.10 Å². The normalized spacial score (nSPS) is 17.3. The van der Waals surface area contributed by atoms with E-state index in [-0.39, 0.29) is 23.3 Å². The molecule has 3 atom stereocenters. The smallest absolute Gasteiger partial charge is 0.333 e. The number of carboxylic acid groups (broad SMARTS) is 1. The minimum Gasteiger partial charge on any atom is -0.479 e. The molecular formula is C26H30N4O6S. The van der Waals surface area contributed by atoms with Crippen molar-refractivity contribution in [2.45, 2.75) is 43.9 Å². The number of hydrogen-bond donors (Lipinski definition) is 2. The molecule has 0 bridgehead atoms. The van der Waals surface area contributed by atoms with Crippen molar-refractivity contribution in [3.05, 3.63) is 60.3 Å². The van der Waals surface area contributed by atoms with Crippen LogP contribution in [0.15, 0.2) is 53.3 Å². The topological polar surface area (TPSA) is 135 Å². The van der Waals surface area contributed by atoms with Gasteiger partial charge >= 0.3 is 5.97 Å². The van der Waals surface area contributed by atoms with Gasteiger partial charge in [-0.25, -0.2) is 4.79 Å². The van der Waals surface area contributed by atoms with E-state index in [0.29, 0.717) is 25.3 Å². The Morgan fingerprint density at radius 3 is 2.76 bits per heavy atom. The van der Waals surface area contributed by atoms with Crippen molar-refractivity contribution in [2.75, 3.05) is 25.2 Å². The van der Waals surface area contributed by atoms with Crippen molar-refractivity contribution in [3.63, 3.8) is 0 Å². The fourth-order valence-electron chi connectivity index (χ4n) is 4.48. The Balaban J connectivity index is 1.44. The second kappa shape index (κ2) is 12.7. The minimum absolute atomic E-state index is 0.0705. The van der Waals surface area contributed by atoms with Crippen LogP contribution in [0.25, 0.3) is 10.8 Å². The number of nitrogens with zero attached hydrogens (tertiary/aromatic N) is 3. The van der Waals surface area contributed by atoms with Gasteiger partial charge in [0, 0.05) is 25.8 Å². The van der Waals surface area contributed by atoms with E-state index in [1.807, 2.05) is 36.4 Å². The summed E-state index contributed by atoms with van der Waals surface area (Å²) in [7, 11) is 1.32. The Morgan fingerprint density at radius 2 is 2.03 bits per heavy atom. The number of thioether (sulfide) groups is 1. The maximum Gasteiger partial charge on any atom is 0.333 e. The predicted molar refractivity (Wildman–Crippen MR) is 138 cm³/mol. The summed E-state index contributed by atoms with van der Waals surface area (Å²) in [6.45, 7) is 0.472. The molecule has 37 heavy (non-hydrogen) atoms. The number of amides is 2. The fourth-order valence-corrected chi connectivity index (χ4v) is 5.43. The largest absolute Gasteiger partial charge is 0.479 e. The maximum absolute atomic E-state index is 13.4. The van der Waals surface area contributed by atoms with Crippen molar-refractivity contribution in [2.24, 2.45) is 0 Å². The number of likely N-dealkylation sites (tertiary alicyclic amines) is 1. The van der Waals surface area contributed by atoms with Crippen LogP contribution in [0.4, 0.5) is 0 Å². The summed E-state index contributed by atoms with van der Waals surface area (Å²) in [6, 6.07) is 13.0. The molecule has 3 aromatic rings. The molecule has 1 saturated heterocycles. The Kier molecular flexibility index (Phi) is 9.13. The SMILES string of the molecule is COC(CSCC(=O)N1CCCC[C@H]1C(=O)NC(Cc1ccc2ccccc2c1)c1nnco1)C(=O)O. The Labute approximate surface area is 218 Å². The molecule has 2 unspecified atom stereocenters. The van der Waals surface area contributed by atoms with E-state index in [4.69, 9.17) is 14.3 Å². The van der Waals surface area contributed by atoms with Gasteiger partial charge in [-0.05, 0) is 35.6 Å². The van der Waals surface area contributed by atoms with Crippen LogP contribution in [0, 0.1) is 0 Å². The number of piperidine rings is 1. The van der Waals surface area contributed by atoms with E-state index in [1.165, 1.54) is 25.3 Å². The lowest BCUT2D eigenvalue weighted by Gasteiger charge is -2.35. The molecule has 10 nitrogen and oxygen atoms in total. The number of methoxy groups -OCH3 is 1. The van der Waals surface area contributed by atoms with Crippen molar-refractivity contribution >= 4 is 40.3 Å². The second-order valence-electron chi connectivity index (χ2n) is 8.90. The van der Waals surface area contributed by atoms with Gasteiger partial charge in [-0.15, -0.1) is 22.0 Å². The standard InChI is InChI=1S/C26H30N4O6S/c1-35-22(26(33)34)14-37-15-23(31)30-11-5-4-8-21(30)24(32)28-20(25-29-27-16-36-25)13-17-9-10-18-6-2-3-7-19(18)12-17/h2-3,6-7,9-10,12,16,20-22H,4-5,8,11,13-15H2,1H3,(H,28,32)(H,33,34)/t20?,21-,22?/m0/s1. The summed E-state index contributed by atoms with van der Waals surface area (Å²) < 4.78 is 10.4. The molecule has 2 heterocycles. The van der Waals surface area contributed by atoms with Crippen LogP contribution in [0.1, 0.15) is 36.8 Å². The maximum atomic E-state index is 13.4. The number of fused-ring (bicyclic) bond motifs is 1. The summed E-state index contributed by atoms with van der Waals surface area (Å²) in [5.41, 5.74) is 1.00. The van der Waals surface area contributed by atoms with E-state index >= 15 is 0 Å². The number of carbonyl (C=O) groups excluding carboxylic acids is 2. The average molecular weight is 527 g/mol. The molecule has 1 aromatic heterocycles. The summed E-state index contributed by atoms with van der Waals surface area (Å²) in [4.78, 5) is 39.2. The number of nitrogens with one attached hydrogen (secondary N) is 1. The first kappa shape index (κ1) is 26.6. The highest BCUT2D eigenvalue weighted by Gasteiger charge is 2.34. The van der Waals surface area contributed by atoms with E-state index < -0.39 is 24.2 Å². The summed E-state index contributed by atoms with van der Waals surface area (Å²) in [6.07, 6.45) is 2.87. The fraction of sp³-hybridized carbons (Fsp3) is 0.423. The zero-order chi connectivity index (χ0) is 26.2. The highest BCUT2D eigenvalue weighted by atomic mass is 32.2. The number of carbonyl (C=O) groups is 3. The number of carboxylic acids is 1. The zero-order valence-electron chi connectivity index (χ0n) is 20.5. The Morgan fingerprint density at radius 1 is 1.22 bits per heavy atom. The first-order chi connectivity index (χ1) is 18.0. The summed E-state index contributed by atoms with van der Waals surface area (Å²) in [5.74, 6) is -1.04. The number of ether oxygens (including phenoxy) is 1. The van der Waals surface area contributed by atoms with Crippen LogP contribution in [0.2, 0.25) is 0 Å². The molecule has 0 spiro atoms. The summed E-state index contributed by atoms with van der Waals surface area (Å²) in [5, 5.41) is 22.2. The third-order valence-electron chi connectivity index (χ3n) is 6.43. The predicted octanol–water partition coefficient (Wildman–Crippen LogP) is 2.84. The monoisotopic (exact) mass is 526 g/mol. The van der Waals surface area contributed by atoms with Crippen LogP contribution in [0.5, 0.6) is 0 Å². The average Bonchev–Trinajstić information content (AvgIpc) is 3.45. The molecule has 2 aromatic carbocycles. The Bertz CT molecular complexity index is 1220. The van der Waals surface area contributed by atoms with Gasteiger partial charge in [-0.3, -0.25) is 9.59 Å². The lowest BCUT2D eigenvalue weighted by molar-refractivity contribution is -0.147. The van der Waals surface area contributed by atoms with Crippen LogP contribution in [0.3, 0.4) is 0 Å². The molecule has 0 saturated carbocycles. The number of aromatic nitrogens is 2. The molecule has 2 amide bonds. The van der Waals surface area contributed by atoms with Crippen LogP contribution in [-0.4, -0.2) is 75.3 Å². The van der Waals surface area contributed by atoms with Crippen molar-refractivity contribution in [3.8, 4) is 0 Å². The van der Waals surface area contributed by atoms with E-state index in [9.17, 15) is 14.4 Å². The van der Waals surface area contributed by atoms with Crippen molar-refractivity contribution in [1.82, 2.24) is 20.4 Å². The Hall–Kier alpha value is -3.44. The second-order valence-corrected chi connectivity index (χ2v) is 9.93. The molecule has 1 fully saturated rings. The lowest BCUT2D eigenvalue weighted by atomic mass is 9.99. The molecule has 196 valence electrons. The number of rotatable bonds is 11. The van der Waals surface area contributed by atoms with Gasteiger partial charge in [0.2, 0.25) is 24.1 Å². The van der Waals surface area contributed by atoms with Gasteiger partial charge in [0.25, 0.3) is 0 Å². The molecule has 1 aliphatic heterocycles. The molecule has 1 aliphatic rings. The quantitative estimate of drug-likeness (QED) is 0.387. The number of benzene rings is 2. The molecule has 4 rings (SSSR count). The van der Waals surface area contributed by atoms with E-state index in [0.717, 1.165) is 29.2 Å². The molecular weight excluding hydrogens is 496 g/mol. The van der Waals surface area contributed by atoms with Gasteiger partial charge in [-0.1, -0.05) is 42.5 Å². The third-order valence-corrected chi connectivity index (χ3v) is 7.42. The number of aliphatic carboxylic acids is 1. The number of hydrogen-bond acceptors (Lipinski definition) is 8. The molecule has 0 aliphatic carbocycles. The van der Waals surface area contributed by atoms with E-state index in [2.05, 4.69) is 21.6 Å². The highest BCUT2D eigenvalue weighted by molar-refractivity contribution is 8.00. The third kappa shape index (κ3) is 6.86. The van der Waals surface area contributed by atoms with Gasteiger partial charge in [0.05, 0.1) is 5.75 Å². The van der Waals surface area contributed by atoms with Gasteiger partial charge < -0.3 is 24.5 Å². The molecule has 0 radical (unpaired) electrons. The van der Waals surface area contributed by atoms with Gasteiger partial charge in [-0.2, -0.15) is 0 Å². The lowest BCUT2D eigenvalue weighted by Crippen LogP contribution is -2.53. The first-order valence-electron chi connectivity index (χ1n) is 12.1. The van der Waals surface area contributed by atoms with Crippen LogP contribution in [-0.2, 0) is 25.5 Å². The van der Waals surface area contributed by atoms with Crippen LogP contribution < -0.4 is 5.32 Å². The zero-order valence-corrected chi connectivity index (χ0v) is 21.4. The van der Waals surface area contributed by atoms with Gasteiger partial charge in [0.1, 0.15) is 12.1 Å². The van der Waals surface area contributed by atoms with Crippen LogP contribution >= 0.6 is 11.8 Å².